The van der Waals surface area contributed by atoms with Gasteiger partial charge in [-0.1, -0.05) is 36.0 Å². The Bertz CT molecular complexity index is 813. The van der Waals surface area contributed by atoms with E-state index in [0.29, 0.717) is 5.25 Å². The Hall–Kier alpha value is -2.14. The molecule has 4 rings (SSSR count). The zero-order chi connectivity index (χ0) is 15.6. The first-order valence-corrected chi connectivity index (χ1v) is 8.75. The van der Waals surface area contributed by atoms with Crippen LogP contribution in [0.1, 0.15) is 29.2 Å². The summed E-state index contributed by atoms with van der Waals surface area (Å²) in [6, 6.07) is 12.7. The minimum Gasteiger partial charge on any atom is -0.305 e. The van der Waals surface area contributed by atoms with Gasteiger partial charge in [-0.3, -0.25) is 4.98 Å². The monoisotopic (exact) mass is 322 g/mol. The number of thioether (sulfide) groups is 1. The molecule has 0 aliphatic heterocycles. The van der Waals surface area contributed by atoms with Crippen LogP contribution < -0.4 is 0 Å². The standard InChI is InChI=1S/C18H18N4S/c1-22-17(14-8-5-11-19-12-14)20-21-18(22)23-16-10-4-7-13-6-2-3-9-15(13)16/h2-3,5-6,8-9,11-12,16H,4,7,10H2,1H3/t16-/m1/s1. The van der Waals surface area contributed by atoms with Gasteiger partial charge >= 0.3 is 0 Å². The van der Waals surface area contributed by atoms with Gasteiger partial charge in [-0.15, -0.1) is 10.2 Å². The van der Waals surface area contributed by atoms with E-state index in [0.717, 1.165) is 16.5 Å². The van der Waals surface area contributed by atoms with E-state index >= 15 is 0 Å². The molecule has 0 radical (unpaired) electrons. The highest BCUT2D eigenvalue weighted by Crippen LogP contribution is 2.42. The lowest BCUT2D eigenvalue weighted by Crippen LogP contribution is -2.07. The van der Waals surface area contributed by atoms with Crippen LogP contribution in [-0.2, 0) is 13.5 Å². The third-order valence-electron chi connectivity index (χ3n) is 4.32. The van der Waals surface area contributed by atoms with Crippen LogP contribution in [0, 0.1) is 0 Å². The van der Waals surface area contributed by atoms with Gasteiger partial charge in [-0.2, -0.15) is 0 Å². The summed E-state index contributed by atoms with van der Waals surface area (Å²) in [5, 5.41) is 10.2. The minimum absolute atomic E-state index is 0.463. The number of nitrogens with zero attached hydrogens (tertiary/aromatic N) is 4. The summed E-state index contributed by atoms with van der Waals surface area (Å²) in [6.07, 6.45) is 7.22. The van der Waals surface area contributed by atoms with Crippen molar-refractivity contribution in [2.24, 2.45) is 7.05 Å². The van der Waals surface area contributed by atoms with Gasteiger partial charge in [0.25, 0.3) is 0 Å². The zero-order valence-corrected chi connectivity index (χ0v) is 13.8. The summed E-state index contributed by atoms with van der Waals surface area (Å²) in [5.74, 6) is 0.865. The second-order valence-electron chi connectivity index (χ2n) is 5.80. The van der Waals surface area contributed by atoms with Crippen LogP contribution in [0.3, 0.4) is 0 Å². The molecule has 1 aliphatic carbocycles. The summed E-state index contributed by atoms with van der Waals surface area (Å²) in [6.45, 7) is 0. The lowest BCUT2D eigenvalue weighted by Gasteiger charge is -2.24. The second kappa shape index (κ2) is 6.16. The van der Waals surface area contributed by atoms with E-state index in [-0.39, 0.29) is 0 Å². The van der Waals surface area contributed by atoms with Crippen LogP contribution >= 0.6 is 11.8 Å². The number of aromatic nitrogens is 4. The van der Waals surface area contributed by atoms with Crippen LogP contribution in [0.15, 0.2) is 53.9 Å². The third kappa shape index (κ3) is 2.77. The number of hydrogen-bond acceptors (Lipinski definition) is 4. The smallest absolute Gasteiger partial charge is 0.191 e. The first-order chi connectivity index (χ1) is 11.3. The molecule has 2 aromatic heterocycles. The predicted molar refractivity (Wildman–Crippen MR) is 92.2 cm³/mol. The summed E-state index contributed by atoms with van der Waals surface area (Å²) in [4.78, 5) is 4.17. The van der Waals surface area contributed by atoms with Gasteiger partial charge in [0, 0.05) is 30.3 Å². The Morgan fingerprint density at radius 2 is 2.04 bits per heavy atom. The van der Waals surface area contributed by atoms with E-state index in [1.807, 2.05) is 37.1 Å². The summed E-state index contributed by atoms with van der Waals surface area (Å²) in [5.41, 5.74) is 3.93. The quantitative estimate of drug-likeness (QED) is 0.730. The van der Waals surface area contributed by atoms with Gasteiger partial charge in [0.2, 0.25) is 0 Å². The molecular weight excluding hydrogens is 304 g/mol. The lowest BCUT2D eigenvalue weighted by molar-refractivity contribution is 0.668. The summed E-state index contributed by atoms with van der Waals surface area (Å²) < 4.78 is 2.07. The molecule has 23 heavy (non-hydrogen) atoms. The Kier molecular flexibility index (Phi) is 3.87. The van der Waals surface area contributed by atoms with Crippen LogP contribution in [0.25, 0.3) is 11.4 Å². The Balaban J connectivity index is 1.63. The second-order valence-corrected chi connectivity index (χ2v) is 6.97. The van der Waals surface area contributed by atoms with Gasteiger partial charge in [0.15, 0.2) is 11.0 Å². The summed E-state index contributed by atoms with van der Waals surface area (Å²) >= 11 is 1.82. The van der Waals surface area contributed by atoms with E-state index in [4.69, 9.17) is 0 Å². The number of fused-ring (bicyclic) bond motifs is 1. The fraction of sp³-hybridized carbons (Fsp3) is 0.278. The van der Waals surface area contributed by atoms with Crippen LogP contribution in [0.2, 0.25) is 0 Å². The molecule has 1 aliphatic rings. The van der Waals surface area contributed by atoms with Gasteiger partial charge in [-0.05, 0) is 42.5 Å². The van der Waals surface area contributed by atoms with Crippen molar-refractivity contribution in [3.05, 3.63) is 59.9 Å². The highest BCUT2D eigenvalue weighted by molar-refractivity contribution is 7.99. The van der Waals surface area contributed by atoms with Gasteiger partial charge in [0.05, 0.1) is 0 Å². The SMILES string of the molecule is Cn1c(S[C@@H]2CCCc3ccccc32)nnc1-c1cccnc1. The number of hydrogen-bond donors (Lipinski definition) is 0. The molecule has 0 fully saturated rings. The van der Waals surface area contributed by atoms with E-state index in [2.05, 4.69) is 44.0 Å². The molecule has 0 saturated heterocycles. The molecule has 4 nitrogen and oxygen atoms in total. The maximum atomic E-state index is 4.41. The first kappa shape index (κ1) is 14.5. The van der Waals surface area contributed by atoms with Crippen molar-refractivity contribution in [3.8, 4) is 11.4 Å². The molecule has 0 bridgehead atoms. The Labute approximate surface area is 140 Å². The maximum Gasteiger partial charge on any atom is 0.191 e. The molecule has 2 heterocycles. The molecular formula is C18H18N4S. The third-order valence-corrected chi connectivity index (χ3v) is 5.66. The van der Waals surface area contributed by atoms with E-state index in [1.165, 1.54) is 30.4 Å². The number of aryl methyl sites for hydroxylation is 1. The maximum absolute atomic E-state index is 4.41. The topological polar surface area (TPSA) is 43.6 Å². The molecule has 1 aromatic carbocycles. The van der Waals surface area contributed by atoms with Gasteiger partial charge in [-0.25, -0.2) is 0 Å². The lowest BCUT2D eigenvalue weighted by atomic mass is 9.91. The van der Waals surface area contributed by atoms with Crippen molar-refractivity contribution in [2.75, 3.05) is 0 Å². The molecule has 0 N–H and O–H groups in total. The van der Waals surface area contributed by atoms with E-state index in [9.17, 15) is 0 Å². The van der Waals surface area contributed by atoms with Crippen LogP contribution in [0.5, 0.6) is 0 Å². The van der Waals surface area contributed by atoms with Crippen molar-refractivity contribution in [2.45, 2.75) is 29.7 Å². The van der Waals surface area contributed by atoms with Crippen LogP contribution in [-0.4, -0.2) is 19.7 Å². The Morgan fingerprint density at radius 1 is 1.13 bits per heavy atom. The van der Waals surface area contributed by atoms with Gasteiger partial charge < -0.3 is 4.57 Å². The number of pyridine rings is 1. The molecule has 0 spiro atoms. The molecule has 0 amide bonds. The highest BCUT2D eigenvalue weighted by Gasteiger charge is 2.23. The molecule has 3 aromatic rings. The van der Waals surface area contributed by atoms with Gasteiger partial charge in [0.1, 0.15) is 0 Å². The summed E-state index contributed by atoms with van der Waals surface area (Å²) in [7, 11) is 2.03. The molecule has 0 unspecified atom stereocenters. The first-order valence-electron chi connectivity index (χ1n) is 7.87. The highest BCUT2D eigenvalue weighted by atomic mass is 32.2. The van der Waals surface area contributed by atoms with E-state index < -0.39 is 0 Å². The fourth-order valence-corrected chi connectivity index (χ4v) is 4.35. The van der Waals surface area contributed by atoms with Crippen molar-refractivity contribution in [1.82, 2.24) is 19.7 Å². The van der Waals surface area contributed by atoms with Crippen molar-refractivity contribution < 1.29 is 0 Å². The predicted octanol–water partition coefficient (Wildman–Crippen LogP) is 4.05. The average Bonchev–Trinajstić information content (AvgIpc) is 2.97. The Morgan fingerprint density at radius 3 is 2.91 bits per heavy atom. The molecule has 116 valence electrons. The number of benzene rings is 1. The molecule has 5 heteroatoms. The van der Waals surface area contributed by atoms with Crippen LogP contribution in [0.4, 0.5) is 0 Å². The van der Waals surface area contributed by atoms with Crippen molar-refractivity contribution in [3.63, 3.8) is 0 Å². The van der Waals surface area contributed by atoms with E-state index in [1.54, 1.807) is 6.20 Å². The number of rotatable bonds is 3. The minimum atomic E-state index is 0.463. The average molecular weight is 322 g/mol. The van der Waals surface area contributed by atoms with Crippen molar-refractivity contribution in [1.29, 1.82) is 0 Å². The van der Waals surface area contributed by atoms with Crippen molar-refractivity contribution >= 4 is 11.8 Å². The normalized spacial score (nSPS) is 17.0. The zero-order valence-electron chi connectivity index (χ0n) is 13.0. The fourth-order valence-electron chi connectivity index (χ4n) is 3.12. The molecule has 0 saturated carbocycles. The molecule has 1 atom stereocenters. The largest absolute Gasteiger partial charge is 0.305 e.